The summed E-state index contributed by atoms with van der Waals surface area (Å²) >= 11 is 6.48. The van der Waals surface area contributed by atoms with Crippen molar-refractivity contribution in [3.8, 4) is 16.9 Å². The number of carbonyl (C=O) groups is 4. The number of likely N-dealkylation sites (N-methyl/N-ethyl adjacent to an activating group) is 1. The highest BCUT2D eigenvalue weighted by molar-refractivity contribution is 6.34. The van der Waals surface area contributed by atoms with E-state index in [4.69, 9.17) is 22.4 Å². The van der Waals surface area contributed by atoms with Crippen LogP contribution < -0.4 is 11.1 Å². The first-order chi connectivity index (χ1) is 25.5. The van der Waals surface area contributed by atoms with Gasteiger partial charge >= 0.3 is 12.1 Å². The topological polar surface area (TPSA) is 172 Å². The molecule has 19 heteroatoms. The molecule has 2 aromatic heterocycles. The molecule has 0 saturated carbocycles. The maximum Gasteiger partial charge on any atom is 0.435 e. The molecule has 54 heavy (non-hydrogen) atoms. The molecule has 2 aromatic carbocycles. The predicted molar refractivity (Wildman–Crippen MR) is 191 cm³/mol. The third-order valence-electron chi connectivity index (χ3n) is 9.11. The summed E-state index contributed by atoms with van der Waals surface area (Å²) in [7, 11) is 3.02. The number of amides is 3. The molecule has 4 aromatic rings. The van der Waals surface area contributed by atoms with E-state index in [1.165, 1.54) is 37.4 Å². The van der Waals surface area contributed by atoms with Crippen LogP contribution in [-0.4, -0.2) is 109 Å². The number of nitrogens with zero attached hydrogens (tertiary/aromatic N) is 7. The van der Waals surface area contributed by atoms with Crippen LogP contribution in [0.5, 0.6) is 0 Å². The fourth-order valence-corrected chi connectivity index (χ4v) is 6.44. The summed E-state index contributed by atoms with van der Waals surface area (Å²) in [5, 5.41) is 15.2. The molecule has 1 saturated heterocycles. The Bertz CT molecular complexity index is 2060. The molecule has 4 N–H and O–H groups in total. The van der Waals surface area contributed by atoms with E-state index in [9.17, 15) is 36.7 Å². The molecule has 5 rings (SSSR count). The number of nitrogens with one attached hydrogen (secondary N) is 1. The number of aromatic nitrogens is 4. The van der Waals surface area contributed by atoms with Gasteiger partial charge in [-0.15, -0.1) is 0 Å². The van der Waals surface area contributed by atoms with Gasteiger partial charge in [-0.1, -0.05) is 18.5 Å². The zero-order valence-corrected chi connectivity index (χ0v) is 30.3. The van der Waals surface area contributed by atoms with Crippen LogP contribution in [0, 0.1) is 11.7 Å². The lowest BCUT2D eigenvalue weighted by Crippen LogP contribution is -2.52. The molecule has 1 atom stereocenters. The summed E-state index contributed by atoms with van der Waals surface area (Å²) in [6.07, 6.45) is -1.78. The molecule has 288 valence electrons. The number of piperazine rings is 1. The van der Waals surface area contributed by atoms with E-state index in [1.54, 1.807) is 21.7 Å². The van der Waals surface area contributed by atoms with Gasteiger partial charge in [0.15, 0.2) is 17.3 Å². The van der Waals surface area contributed by atoms with Gasteiger partial charge in [0.25, 0.3) is 11.8 Å². The zero-order valence-electron chi connectivity index (χ0n) is 29.5. The molecule has 0 bridgehead atoms. The van der Waals surface area contributed by atoms with Crippen LogP contribution in [0.15, 0.2) is 48.8 Å². The highest BCUT2D eigenvalue weighted by Crippen LogP contribution is 2.37. The number of benzene rings is 2. The van der Waals surface area contributed by atoms with E-state index >= 15 is 0 Å². The highest BCUT2D eigenvalue weighted by atomic mass is 35.5. The minimum Gasteiger partial charge on any atom is -0.480 e. The van der Waals surface area contributed by atoms with Crippen molar-refractivity contribution in [1.29, 1.82) is 0 Å². The Kier molecular flexibility index (Phi) is 12.0. The summed E-state index contributed by atoms with van der Waals surface area (Å²) in [4.78, 5) is 59.7. The minimum absolute atomic E-state index is 0.0329. The monoisotopic (exact) mass is 775 g/mol. The van der Waals surface area contributed by atoms with Crippen molar-refractivity contribution in [2.24, 2.45) is 13.0 Å². The van der Waals surface area contributed by atoms with Crippen molar-refractivity contribution >= 4 is 46.7 Å². The number of rotatable bonds is 12. The molecule has 3 heterocycles. The summed E-state index contributed by atoms with van der Waals surface area (Å²) in [5.41, 5.74) is 3.83. The number of anilines is 2. The Morgan fingerprint density at radius 1 is 1.07 bits per heavy atom. The van der Waals surface area contributed by atoms with Gasteiger partial charge in [-0.25, -0.2) is 14.1 Å². The summed E-state index contributed by atoms with van der Waals surface area (Å²) in [6, 6.07) is 7.70. The van der Waals surface area contributed by atoms with Gasteiger partial charge in [-0.3, -0.25) is 24.1 Å². The Morgan fingerprint density at radius 2 is 1.76 bits per heavy atom. The number of alkyl halides is 3. The maximum absolute atomic E-state index is 14.6. The van der Waals surface area contributed by atoms with Crippen molar-refractivity contribution in [3.63, 3.8) is 0 Å². The second-order valence-electron chi connectivity index (χ2n) is 12.9. The van der Waals surface area contributed by atoms with Crippen LogP contribution in [0.1, 0.15) is 46.4 Å². The first-order valence-corrected chi connectivity index (χ1v) is 17.2. The lowest BCUT2D eigenvalue weighted by molar-refractivity contribution is -0.141. The van der Waals surface area contributed by atoms with Gasteiger partial charge in [-0.2, -0.15) is 18.3 Å². The fourth-order valence-electron chi connectivity index (χ4n) is 6.17. The van der Waals surface area contributed by atoms with Crippen LogP contribution in [-0.2, 0) is 22.8 Å². The number of nitrogens with two attached hydrogens (primary N) is 1. The second kappa shape index (κ2) is 16.3. The molecule has 1 fully saturated rings. The van der Waals surface area contributed by atoms with Crippen LogP contribution in [0.4, 0.5) is 28.9 Å². The molecule has 1 aliphatic heterocycles. The number of hydrogen-bond acceptors (Lipinski definition) is 8. The van der Waals surface area contributed by atoms with Gasteiger partial charge in [0.2, 0.25) is 5.91 Å². The maximum atomic E-state index is 14.6. The van der Waals surface area contributed by atoms with E-state index in [1.807, 2.05) is 6.92 Å². The molecule has 0 spiro atoms. The number of imidazole rings is 1. The highest BCUT2D eigenvalue weighted by Gasteiger charge is 2.39. The Morgan fingerprint density at radius 3 is 2.37 bits per heavy atom. The predicted octanol–water partition coefficient (Wildman–Crippen LogP) is 4.64. The molecule has 0 radical (unpaired) electrons. The number of hydrogen-bond donors (Lipinski definition) is 3. The Labute approximate surface area is 312 Å². The van der Waals surface area contributed by atoms with E-state index in [2.05, 4.69) is 15.4 Å². The lowest BCUT2D eigenvalue weighted by Gasteiger charge is -2.36. The van der Waals surface area contributed by atoms with Crippen LogP contribution in [0.2, 0.25) is 5.02 Å². The smallest absolute Gasteiger partial charge is 0.435 e. The van der Waals surface area contributed by atoms with Crippen molar-refractivity contribution in [2.75, 3.05) is 57.4 Å². The van der Waals surface area contributed by atoms with Crippen molar-refractivity contribution < 1.29 is 41.8 Å². The van der Waals surface area contributed by atoms with Gasteiger partial charge in [0.05, 0.1) is 34.6 Å². The van der Waals surface area contributed by atoms with Crippen LogP contribution in [0.25, 0.3) is 16.9 Å². The molecule has 14 nitrogen and oxygen atoms in total. The van der Waals surface area contributed by atoms with E-state index in [-0.39, 0.29) is 76.5 Å². The third kappa shape index (κ3) is 8.82. The normalized spacial score (nSPS) is 14.0. The van der Waals surface area contributed by atoms with Crippen molar-refractivity contribution in [2.45, 2.75) is 25.9 Å². The molecular formula is C35H38ClF4N9O5. The average Bonchev–Trinajstić information content (AvgIpc) is 3.72. The van der Waals surface area contributed by atoms with Crippen LogP contribution >= 0.6 is 11.6 Å². The largest absolute Gasteiger partial charge is 0.480 e. The summed E-state index contributed by atoms with van der Waals surface area (Å²) in [5.74, 6) is -3.57. The lowest BCUT2D eigenvalue weighted by atomic mass is 9.99. The first kappa shape index (κ1) is 39.7. The number of nitrogen functional groups attached to an aromatic ring is 1. The summed E-state index contributed by atoms with van der Waals surface area (Å²) in [6.45, 7) is 3.39. The fraction of sp³-hybridized carbons (Fsp3) is 0.371. The molecule has 1 unspecified atom stereocenters. The van der Waals surface area contributed by atoms with Crippen LogP contribution in [0.3, 0.4) is 0 Å². The molecule has 0 aliphatic carbocycles. The van der Waals surface area contributed by atoms with E-state index in [0.29, 0.717) is 32.5 Å². The number of carboxylic acid groups (broad SMARTS) is 1. The minimum atomic E-state index is -4.93. The average molecular weight is 776 g/mol. The van der Waals surface area contributed by atoms with Crippen molar-refractivity contribution in [1.82, 2.24) is 34.0 Å². The zero-order chi connectivity index (χ0) is 39.5. The first-order valence-electron chi connectivity index (χ1n) is 16.8. The quantitative estimate of drug-likeness (QED) is 0.137. The van der Waals surface area contributed by atoms with Gasteiger partial charge in [-0.05, 0) is 62.8 Å². The molecule has 3 amide bonds. The molecule has 1 aliphatic rings. The number of carboxylic acids is 1. The Hall–Kier alpha value is -5.49. The van der Waals surface area contributed by atoms with Crippen molar-refractivity contribution in [3.05, 3.63) is 76.7 Å². The SMILES string of the molecule is CCC(CCN(C)CC(=O)O)C(=O)N1CCN(C(=O)c2ccc(NC(=O)c3ncc(-c4cn(-c5ccc(N)cc5F)nc4C(F)(F)F)n3C)cc2Cl)CC1. The van der Waals surface area contributed by atoms with Gasteiger partial charge in [0.1, 0.15) is 5.69 Å². The second-order valence-corrected chi connectivity index (χ2v) is 13.3. The Balaban J connectivity index is 1.23. The molecular weight excluding hydrogens is 738 g/mol. The van der Waals surface area contributed by atoms with E-state index < -0.39 is 35.1 Å². The standard InChI is InChI=1S/C35H38ClF4N9O5/c1-4-20(9-10-45(2)19-29(50)51)33(53)47-11-13-48(14-12-47)34(54)23-7-6-22(16-25(23)36)43-32(52)31-42-17-28(46(31)3)24-18-49(44-30(24)35(38,39)40)27-8-5-21(41)15-26(27)37/h5-8,15-18,20H,4,9-14,19,41H2,1-3H3,(H,43,52)(H,50,51). The number of halogens is 5. The summed E-state index contributed by atoms with van der Waals surface area (Å²) < 4.78 is 58.6. The third-order valence-corrected chi connectivity index (χ3v) is 9.42. The van der Waals surface area contributed by atoms with Gasteiger partial charge < -0.3 is 30.5 Å². The number of aliphatic carboxylic acids is 1. The van der Waals surface area contributed by atoms with Gasteiger partial charge in [0, 0.05) is 56.7 Å². The van der Waals surface area contributed by atoms with E-state index in [0.717, 1.165) is 27.7 Å². The number of carbonyl (C=O) groups excluding carboxylic acids is 3.